The van der Waals surface area contributed by atoms with Crippen molar-refractivity contribution in [3.8, 4) is 6.07 Å². The van der Waals surface area contributed by atoms with E-state index in [0.29, 0.717) is 25.1 Å². The second-order valence-corrected chi connectivity index (χ2v) is 6.17. The quantitative estimate of drug-likeness (QED) is 0.689. The van der Waals surface area contributed by atoms with Gasteiger partial charge in [0, 0.05) is 23.9 Å². The van der Waals surface area contributed by atoms with Gasteiger partial charge in [0.15, 0.2) is 6.54 Å². The molecule has 0 saturated heterocycles. The summed E-state index contributed by atoms with van der Waals surface area (Å²) >= 11 is 0. The number of carbonyl (C=O) groups is 2. The minimum absolute atomic E-state index is 0.0717. The van der Waals surface area contributed by atoms with Gasteiger partial charge in [0.1, 0.15) is 6.54 Å². The largest absolute Gasteiger partial charge is 0.355 e. The van der Waals surface area contributed by atoms with Crippen LogP contribution in [0.15, 0.2) is 48.5 Å². The van der Waals surface area contributed by atoms with Crippen molar-refractivity contribution in [2.75, 3.05) is 26.0 Å². The Hall–Kier alpha value is -3.17. The molecule has 134 valence electrons. The van der Waals surface area contributed by atoms with Crippen LogP contribution in [-0.4, -0.2) is 32.5 Å². The van der Waals surface area contributed by atoms with Crippen molar-refractivity contribution in [2.24, 2.45) is 0 Å². The van der Waals surface area contributed by atoms with E-state index in [1.165, 1.54) is 0 Å². The van der Waals surface area contributed by atoms with Crippen LogP contribution >= 0.6 is 0 Å². The number of carbonyl (C=O) groups excluding carboxylic acids is 2. The van der Waals surface area contributed by atoms with Gasteiger partial charge in [-0.15, -0.1) is 0 Å². The van der Waals surface area contributed by atoms with Crippen LogP contribution in [0.1, 0.15) is 21.5 Å². The molecule has 6 heteroatoms. The normalized spacial score (nSPS) is 11.3. The fourth-order valence-corrected chi connectivity index (χ4v) is 2.61. The summed E-state index contributed by atoms with van der Waals surface area (Å²) in [4.78, 5) is 24.7. The number of rotatable bonds is 7. The Labute approximate surface area is 153 Å². The molecule has 0 aromatic heterocycles. The molecule has 0 heterocycles. The van der Waals surface area contributed by atoms with Crippen molar-refractivity contribution in [2.45, 2.75) is 13.0 Å². The molecule has 2 aromatic carbocycles. The Morgan fingerprint density at radius 1 is 1.04 bits per heavy atom. The summed E-state index contributed by atoms with van der Waals surface area (Å²) in [6, 6.07) is 16.7. The maximum absolute atomic E-state index is 12.2. The molecule has 0 aliphatic heterocycles. The summed E-state index contributed by atoms with van der Waals surface area (Å²) in [7, 11) is 3.55. The summed E-state index contributed by atoms with van der Waals surface area (Å²) in [6.07, 6.45) is 0.361. The highest BCUT2D eigenvalue weighted by molar-refractivity contribution is 5.94. The minimum Gasteiger partial charge on any atom is -0.355 e. The first-order chi connectivity index (χ1) is 12.5. The monoisotopic (exact) mass is 351 g/mol. The molecule has 2 amide bonds. The van der Waals surface area contributed by atoms with Crippen molar-refractivity contribution in [3.05, 3.63) is 65.2 Å². The van der Waals surface area contributed by atoms with Crippen LogP contribution in [0.25, 0.3) is 0 Å². The van der Waals surface area contributed by atoms with Crippen LogP contribution in [0.3, 0.4) is 0 Å². The average molecular weight is 351 g/mol. The van der Waals surface area contributed by atoms with E-state index in [0.717, 1.165) is 21.7 Å². The van der Waals surface area contributed by atoms with Crippen LogP contribution in [0.2, 0.25) is 0 Å². The molecule has 0 fully saturated rings. The van der Waals surface area contributed by atoms with Gasteiger partial charge in [-0.2, -0.15) is 5.26 Å². The number of nitriles is 1. The Morgan fingerprint density at radius 2 is 1.65 bits per heavy atom. The minimum atomic E-state index is -0.114. The molecule has 0 aliphatic carbocycles. The van der Waals surface area contributed by atoms with E-state index in [1.807, 2.05) is 31.3 Å². The number of amides is 2. The lowest BCUT2D eigenvalue weighted by Gasteiger charge is -2.14. The first-order valence-electron chi connectivity index (χ1n) is 8.40. The summed E-state index contributed by atoms with van der Waals surface area (Å²) in [5.41, 5.74) is 3.32. The average Bonchev–Trinajstić information content (AvgIpc) is 2.63. The molecule has 1 atom stereocenters. The summed E-state index contributed by atoms with van der Waals surface area (Å²) in [5, 5.41) is 14.1. The fourth-order valence-electron chi connectivity index (χ4n) is 2.61. The maximum atomic E-state index is 12.2. The molecular formula is C20H23N4O2+. The van der Waals surface area contributed by atoms with Crippen molar-refractivity contribution < 1.29 is 14.5 Å². The molecule has 0 saturated carbocycles. The molecule has 26 heavy (non-hydrogen) atoms. The number of nitrogens with zero attached hydrogens (tertiary/aromatic N) is 1. The van der Waals surface area contributed by atoms with Gasteiger partial charge in [0.25, 0.3) is 11.8 Å². The number of quaternary nitrogens is 1. The van der Waals surface area contributed by atoms with E-state index in [4.69, 9.17) is 5.26 Å². The van der Waals surface area contributed by atoms with E-state index in [1.54, 1.807) is 31.3 Å². The second-order valence-electron chi connectivity index (χ2n) is 6.17. The molecular weight excluding hydrogens is 328 g/mol. The number of benzene rings is 2. The second kappa shape index (κ2) is 9.35. The Bertz CT molecular complexity index is 792. The lowest BCUT2D eigenvalue weighted by molar-refractivity contribution is -0.885. The zero-order valence-electron chi connectivity index (χ0n) is 15.0. The molecule has 0 bridgehead atoms. The van der Waals surface area contributed by atoms with Crippen LogP contribution in [0, 0.1) is 11.3 Å². The number of anilines is 1. The van der Waals surface area contributed by atoms with Crippen molar-refractivity contribution >= 4 is 17.5 Å². The van der Waals surface area contributed by atoms with E-state index in [9.17, 15) is 9.59 Å². The first kappa shape index (κ1) is 19.2. The van der Waals surface area contributed by atoms with Gasteiger partial charge in [-0.3, -0.25) is 9.59 Å². The SMILES string of the molecule is CNC(=O)c1ccc(C[NH+](C)CC(=O)Nc2ccc(CC#N)cc2)cc1. The molecule has 1 unspecified atom stereocenters. The van der Waals surface area contributed by atoms with E-state index in [2.05, 4.69) is 16.7 Å². The van der Waals surface area contributed by atoms with E-state index < -0.39 is 0 Å². The van der Waals surface area contributed by atoms with Gasteiger partial charge >= 0.3 is 0 Å². The highest BCUT2D eigenvalue weighted by atomic mass is 16.2. The van der Waals surface area contributed by atoms with Crippen LogP contribution in [0.5, 0.6) is 0 Å². The molecule has 2 rings (SSSR count). The molecule has 2 aromatic rings. The van der Waals surface area contributed by atoms with Crippen LogP contribution in [-0.2, 0) is 17.8 Å². The summed E-state index contributed by atoms with van der Waals surface area (Å²) in [6.45, 7) is 1.01. The third kappa shape index (κ3) is 5.72. The number of likely N-dealkylation sites (N-methyl/N-ethyl adjacent to an activating group) is 1. The van der Waals surface area contributed by atoms with Gasteiger partial charge in [-0.1, -0.05) is 24.3 Å². The van der Waals surface area contributed by atoms with Crippen molar-refractivity contribution in [3.63, 3.8) is 0 Å². The fraction of sp³-hybridized carbons (Fsp3) is 0.250. The van der Waals surface area contributed by atoms with Crippen LogP contribution < -0.4 is 15.5 Å². The lowest BCUT2D eigenvalue weighted by Crippen LogP contribution is -3.08. The maximum Gasteiger partial charge on any atom is 0.279 e. The number of nitrogens with one attached hydrogen (secondary N) is 3. The van der Waals surface area contributed by atoms with E-state index in [-0.39, 0.29) is 11.8 Å². The topological polar surface area (TPSA) is 86.4 Å². The third-order valence-corrected chi connectivity index (χ3v) is 3.93. The smallest absolute Gasteiger partial charge is 0.279 e. The van der Waals surface area contributed by atoms with Gasteiger partial charge in [0.2, 0.25) is 0 Å². The predicted molar refractivity (Wildman–Crippen MR) is 99.7 cm³/mol. The third-order valence-electron chi connectivity index (χ3n) is 3.93. The molecule has 3 N–H and O–H groups in total. The van der Waals surface area contributed by atoms with Crippen molar-refractivity contribution in [1.29, 1.82) is 5.26 Å². The first-order valence-corrected chi connectivity index (χ1v) is 8.40. The zero-order valence-corrected chi connectivity index (χ0v) is 15.0. The van der Waals surface area contributed by atoms with Crippen LogP contribution in [0.4, 0.5) is 5.69 Å². The Morgan fingerprint density at radius 3 is 2.23 bits per heavy atom. The predicted octanol–water partition coefficient (Wildman–Crippen LogP) is 0.766. The molecule has 0 spiro atoms. The zero-order chi connectivity index (χ0) is 18.9. The Kier molecular flexibility index (Phi) is 6.89. The van der Waals surface area contributed by atoms with Gasteiger partial charge in [0.05, 0.1) is 19.5 Å². The van der Waals surface area contributed by atoms with Crippen molar-refractivity contribution in [1.82, 2.24) is 5.32 Å². The molecule has 0 radical (unpaired) electrons. The highest BCUT2D eigenvalue weighted by Gasteiger charge is 2.11. The summed E-state index contributed by atoms with van der Waals surface area (Å²) < 4.78 is 0. The standard InChI is InChI=1S/C20H22N4O2/c1-22-20(26)17-7-3-16(4-8-17)13-24(2)14-19(25)23-18-9-5-15(6-10-18)11-12-21/h3-10H,11,13-14H2,1-2H3,(H,22,26)(H,23,25)/p+1. The Balaban J connectivity index is 1.84. The van der Waals surface area contributed by atoms with Gasteiger partial charge in [-0.05, 0) is 29.8 Å². The van der Waals surface area contributed by atoms with Gasteiger partial charge < -0.3 is 15.5 Å². The number of hydrogen-bond acceptors (Lipinski definition) is 3. The number of hydrogen-bond donors (Lipinski definition) is 3. The van der Waals surface area contributed by atoms with Gasteiger partial charge in [-0.25, -0.2) is 0 Å². The highest BCUT2D eigenvalue weighted by Crippen LogP contribution is 2.09. The molecule has 0 aliphatic rings. The summed E-state index contributed by atoms with van der Waals surface area (Å²) in [5.74, 6) is -0.185. The lowest BCUT2D eigenvalue weighted by atomic mass is 10.1. The molecule has 6 nitrogen and oxygen atoms in total. The van der Waals surface area contributed by atoms with E-state index >= 15 is 0 Å².